The first-order valence-electron chi connectivity index (χ1n) is 17.3. The molecular formula is C39H42N6O7S. The molecule has 13 nitrogen and oxygen atoms in total. The molecule has 2 aliphatic heterocycles. The summed E-state index contributed by atoms with van der Waals surface area (Å²) in [5.74, 6) is -0.196. The molecule has 0 aliphatic carbocycles. The summed E-state index contributed by atoms with van der Waals surface area (Å²) in [7, 11) is -2.99. The number of nitrogens with one attached hydrogen (secondary N) is 1. The van der Waals surface area contributed by atoms with Gasteiger partial charge in [0.15, 0.2) is 5.54 Å². The fraction of sp³-hybridized carbons (Fsp3) is 0.333. The smallest absolute Gasteiger partial charge is 0.410 e. The quantitative estimate of drug-likeness (QED) is 0.229. The number of benzene rings is 3. The summed E-state index contributed by atoms with van der Waals surface area (Å²) < 4.78 is 46.2. The van der Waals surface area contributed by atoms with Gasteiger partial charge in [-0.2, -0.15) is 5.26 Å². The third-order valence-corrected chi connectivity index (χ3v) is 10.8. The van der Waals surface area contributed by atoms with Crippen LogP contribution in [0.2, 0.25) is 0 Å². The monoisotopic (exact) mass is 738 g/mol. The van der Waals surface area contributed by atoms with E-state index in [0.29, 0.717) is 37.5 Å². The van der Waals surface area contributed by atoms with Crippen LogP contribution in [0.5, 0.6) is 11.6 Å². The molecule has 53 heavy (non-hydrogen) atoms. The van der Waals surface area contributed by atoms with Crippen LogP contribution in [0.25, 0.3) is 0 Å². The number of pyridine rings is 1. The van der Waals surface area contributed by atoms with E-state index in [1.54, 1.807) is 24.0 Å². The molecule has 0 spiro atoms. The molecule has 1 atom stereocenters. The van der Waals surface area contributed by atoms with Gasteiger partial charge in [0, 0.05) is 55.7 Å². The van der Waals surface area contributed by atoms with Gasteiger partial charge < -0.3 is 24.0 Å². The van der Waals surface area contributed by atoms with Crippen molar-refractivity contribution in [1.29, 1.82) is 5.26 Å². The van der Waals surface area contributed by atoms with Crippen LogP contribution in [-0.4, -0.2) is 75.8 Å². The van der Waals surface area contributed by atoms with Gasteiger partial charge in [0.2, 0.25) is 5.88 Å². The Morgan fingerprint density at radius 1 is 0.981 bits per heavy atom. The molecule has 1 fully saturated rings. The van der Waals surface area contributed by atoms with Crippen LogP contribution < -0.4 is 24.0 Å². The number of rotatable bonds is 10. The zero-order valence-corrected chi connectivity index (χ0v) is 31.1. The number of hydrogen-bond donors (Lipinski definition) is 1. The fourth-order valence-electron chi connectivity index (χ4n) is 6.54. The maximum absolute atomic E-state index is 15.1. The number of aromatic nitrogens is 1. The van der Waals surface area contributed by atoms with Gasteiger partial charge in [0.1, 0.15) is 11.4 Å². The topological polar surface area (TPSA) is 154 Å². The number of methoxy groups -OCH3 is 1. The lowest BCUT2D eigenvalue weighted by atomic mass is 9.83. The molecule has 0 bridgehead atoms. The third-order valence-electron chi connectivity index (χ3n) is 9.10. The zero-order chi connectivity index (χ0) is 38.0. The Kier molecular flexibility index (Phi) is 10.3. The van der Waals surface area contributed by atoms with E-state index in [2.05, 4.69) is 21.3 Å². The van der Waals surface area contributed by atoms with Gasteiger partial charge in [-0.05, 0) is 100.0 Å². The maximum atomic E-state index is 15.1. The Morgan fingerprint density at radius 2 is 1.68 bits per heavy atom. The van der Waals surface area contributed by atoms with Crippen molar-refractivity contribution in [3.8, 4) is 17.7 Å². The summed E-state index contributed by atoms with van der Waals surface area (Å²) in [4.78, 5) is 35.8. The molecule has 0 radical (unpaired) electrons. The number of nitrogens with zero attached hydrogens (tertiary/aromatic N) is 5. The van der Waals surface area contributed by atoms with Crippen molar-refractivity contribution in [2.75, 3.05) is 49.1 Å². The van der Waals surface area contributed by atoms with Crippen LogP contribution in [0.4, 0.5) is 16.2 Å². The van der Waals surface area contributed by atoms with Crippen molar-refractivity contribution < 1.29 is 32.2 Å². The highest BCUT2D eigenvalue weighted by Crippen LogP contribution is 2.49. The standard InChI is InChI=1S/C39H42N6O7S/c1-6-51-35-32(8-7-19-41-35)39(42-26-27-9-12-29(13-10-27)43-20-22-44(23-21-43)37(47)52-38(2,3)4)33-24-28(25-40)11-18-34(33)45(36(39)46)53(48,49)31-16-14-30(50-5)15-17-31/h7-19,24,42H,6,20-23,26H2,1-5H3. The summed E-state index contributed by atoms with van der Waals surface area (Å²) in [5, 5.41) is 13.3. The normalized spacial score (nSPS) is 17.3. The first kappa shape index (κ1) is 37.1. The van der Waals surface area contributed by atoms with Crippen molar-refractivity contribution in [1.82, 2.24) is 15.2 Å². The van der Waals surface area contributed by atoms with Crippen molar-refractivity contribution >= 4 is 33.4 Å². The van der Waals surface area contributed by atoms with E-state index in [-0.39, 0.29) is 46.8 Å². The van der Waals surface area contributed by atoms with Crippen molar-refractivity contribution in [3.63, 3.8) is 0 Å². The average molecular weight is 739 g/mol. The fourth-order valence-corrected chi connectivity index (χ4v) is 8.00. The molecule has 1 saturated heterocycles. The Bertz CT molecular complexity index is 2140. The van der Waals surface area contributed by atoms with Crippen LogP contribution in [0.1, 0.15) is 49.9 Å². The van der Waals surface area contributed by atoms with Gasteiger partial charge in [0.05, 0.1) is 35.9 Å². The van der Waals surface area contributed by atoms with Gasteiger partial charge in [0.25, 0.3) is 15.9 Å². The van der Waals surface area contributed by atoms with Crippen molar-refractivity contribution in [2.24, 2.45) is 0 Å². The van der Waals surface area contributed by atoms with Crippen LogP contribution in [-0.2, 0) is 31.6 Å². The summed E-state index contributed by atoms with van der Waals surface area (Å²) in [6.45, 7) is 10.0. The highest BCUT2D eigenvalue weighted by Gasteiger charge is 2.57. The molecule has 1 aromatic heterocycles. The van der Waals surface area contributed by atoms with Gasteiger partial charge in [-0.25, -0.2) is 22.5 Å². The first-order chi connectivity index (χ1) is 25.3. The molecule has 276 valence electrons. The van der Waals surface area contributed by atoms with Gasteiger partial charge >= 0.3 is 6.09 Å². The second kappa shape index (κ2) is 14.8. The van der Waals surface area contributed by atoms with Gasteiger partial charge in [-0.3, -0.25) is 10.1 Å². The Labute approximate surface area is 309 Å². The molecule has 2 amide bonds. The molecule has 1 unspecified atom stereocenters. The third kappa shape index (κ3) is 7.22. The molecule has 14 heteroatoms. The summed E-state index contributed by atoms with van der Waals surface area (Å²) in [6.07, 6.45) is 1.21. The lowest BCUT2D eigenvalue weighted by Crippen LogP contribution is -2.52. The average Bonchev–Trinajstić information content (AvgIpc) is 3.41. The molecular weight excluding hydrogens is 697 g/mol. The van der Waals surface area contributed by atoms with Crippen LogP contribution in [0.15, 0.2) is 90.0 Å². The lowest BCUT2D eigenvalue weighted by Gasteiger charge is -2.36. The second-order valence-corrected chi connectivity index (χ2v) is 15.4. The molecule has 3 heterocycles. The van der Waals surface area contributed by atoms with E-state index < -0.39 is 27.1 Å². The Hall–Kier alpha value is -5.65. The van der Waals surface area contributed by atoms with E-state index in [4.69, 9.17) is 14.2 Å². The Morgan fingerprint density at radius 3 is 2.30 bits per heavy atom. The molecule has 1 N–H and O–H groups in total. The number of sulfonamides is 1. The van der Waals surface area contributed by atoms with E-state index >= 15 is 4.79 Å². The van der Waals surface area contributed by atoms with Crippen LogP contribution in [0, 0.1) is 11.3 Å². The molecule has 0 saturated carbocycles. The highest BCUT2D eigenvalue weighted by molar-refractivity contribution is 7.93. The minimum absolute atomic E-state index is 0.101. The number of amides is 2. The van der Waals surface area contributed by atoms with E-state index in [0.717, 1.165) is 15.6 Å². The van der Waals surface area contributed by atoms with Gasteiger partial charge in [-0.1, -0.05) is 12.1 Å². The zero-order valence-electron chi connectivity index (χ0n) is 30.3. The number of carbonyl (C=O) groups excluding carboxylic acids is 2. The van der Waals surface area contributed by atoms with Gasteiger partial charge in [-0.15, -0.1) is 0 Å². The number of nitriles is 1. The van der Waals surface area contributed by atoms with E-state index in [9.17, 15) is 18.5 Å². The number of hydrogen-bond acceptors (Lipinski definition) is 11. The number of piperazine rings is 1. The number of carbonyl (C=O) groups is 2. The first-order valence-corrected chi connectivity index (χ1v) is 18.7. The van der Waals surface area contributed by atoms with Crippen molar-refractivity contribution in [2.45, 2.75) is 50.3 Å². The molecule has 2 aliphatic rings. The number of fused-ring (bicyclic) bond motifs is 1. The lowest BCUT2D eigenvalue weighted by molar-refractivity contribution is -0.121. The van der Waals surface area contributed by atoms with E-state index in [1.165, 1.54) is 55.8 Å². The van der Waals surface area contributed by atoms with Crippen LogP contribution >= 0.6 is 0 Å². The Balaban J connectivity index is 1.35. The summed E-state index contributed by atoms with van der Waals surface area (Å²) in [6, 6.07) is 23.5. The predicted molar refractivity (Wildman–Crippen MR) is 198 cm³/mol. The summed E-state index contributed by atoms with van der Waals surface area (Å²) in [5.41, 5.74) is 0.304. The predicted octanol–water partition coefficient (Wildman–Crippen LogP) is 5.19. The second-order valence-electron chi connectivity index (χ2n) is 13.6. The molecule has 6 rings (SSSR count). The van der Waals surface area contributed by atoms with E-state index in [1.807, 2.05) is 45.0 Å². The number of anilines is 2. The minimum atomic E-state index is -4.46. The summed E-state index contributed by atoms with van der Waals surface area (Å²) >= 11 is 0. The maximum Gasteiger partial charge on any atom is 0.410 e. The largest absolute Gasteiger partial charge is 0.497 e. The van der Waals surface area contributed by atoms with Crippen LogP contribution in [0.3, 0.4) is 0 Å². The highest BCUT2D eigenvalue weighted by atomic mass is 32.2. The van der Waals surface area contributed by atoms with Crippen molar-refractivity contribution in [3.05, 3.63) is 107 Å². The molecule has 4 aromatic rings. The molecule has 3 aromatic carbocycles. The minimum Gasteiger partial charge on any atom is -0.497 e. The SMILES string of the molecule is CCOc1ncccc1C1(NCc2ccc(N3CCN(C(=O)OC(C)(C)C)CC3)cc2)C(=O)N(S(=O)(=O)c2ccc(OC)cc2)c2ccc(C#N)cc21. The number of ether oxygens (including phenoxy) is 3.